The molecule has 0 saturated heterocycles. The second kappa shape index (κ2) is 4.54. The lowest BCUT2D eigenvalue weighted by molar-refractivity contribution is 1.03. The minimum Gasteiger partial charge on any atom is -0.330 e. The van der Waals surface area contributed by atoms with Gasteiger partial charge in [0.25, 0.3) is 0 Å². The zero-order chi connectivity index (χ0) is 10.5. The number of nitrogens with zero attached hydrogens (tertiary/aromatic N) is 2. The summed E-state index contributed by atoms with van der Waals surface area (Å²) in [4.78, 5) is 8.11. The molecule has 3 heteroatoms. The highest BCUT2D eigenvalue weighted by atomic mass is 14.8. The van der Waals surface area contributed by atoms with Crippen LogP contribution in [0, 0.1) is 11.8 Å². The van der Waals surface area contributed by atoms with Crippen LogP contribution in [0.1, 0.15) is 12.0 Å². The summed E-state index contributed by atoms with van der Waals surface area (Å²) in [7, 11) is 0. The summed E-state index contributed by atoms with van der Waals surface area (Å²) in [6.07, 6.45) is 4.06. The molecular weight excluding hydrogens is 186 g/mol. The first-order chi connectivity index (χ1) is 7.40. The van der Waals surface area contributed by atoms with Crippen molar-refractivity contribution in [2.45, 2.75) is 6.42 Å². The van der Waals surface area contributed by atoms with Crippen molar-refractivity contribution in [2.24, 2.45) is 5.73 Å². The Kier molecular flexibility index (Phi) is 2.91. The van der Waals surface area contributed by atoms with Gasteiger partial charge in [-0.2, -0.15) is 0 Å². The van der Waals surface area contributed by atoms with E-state index in [1.165, 1.54) is 0 Å². The standard InChI is InChI=1S/C12H11N3/c13-6-2-1-3-10-4-5-12-11(7-10)8-14-9-15-12/h4-5,7-9H,2,6,13H2. The normalized spacial score (nSPS) is 9.67. The molecule has 0 aliphatic rings. The van der Waals surface area contributed by atoms with Crippen LogP contribution < -0.4 is 5.73 Å². The van der Waals surface area contributed by atoms with Crippen molar-refractivity contribution < 1.29 is 0 Å². The Morgan fingerprint density at radius 3 is 3.13 bits per heavy atom. The number of nitrogens with two attached hydrogens (primary N) is 1. The molecule has 74 valence electrons. The van der Waals surface area contributed by atoms with E-state index in [-0.39, 0.29) is 0 Å². The van der Waals surface area contributed by atoms with Crippen LogP contribution in [0.4, 0.5) is 0 Å². The predicted octanol–water partition coefficient (Wildman–Crippen LogP) is 1.33. The van der Waals surface area contributed by atoms with E-state index < -0.39 is 0 Å². The summed E-state index contributed by atoms with van der Waals surface area (Å²) in [6.45, 7) is 0.601. The van der Waals surface area contributed by atoms with Crippen LogP contribution in [-0.2, 0) is 0 Å². The van der Waals surface area contributed by atoms with E-state index in [1.54, 1.807) is 12.5 Å². The third-order valence-electron chi connectivity index (χ3n) is 2.01. The molecule has 1 aromatic carbocycles. The zero-order valence-electron chi connectivity index (χ0n) is 8.27. The Balaban J connectivity index is 2.36. The SMILES string of the molecule is NCCC#Cc1ccc2ncncc2c1. The third-order valence-corrected chi connectivity index (χ3v) is 2.01. The summed E-state index contributed by atoms with van der Waals surface area (Å²) in [5, 5.41) is 1.01. The van der Waals surface area contributed by atoms with E-state index in [2.05, 4.69) is 21.8 Å². The summed E-state index contributed by atoms with van der Waals surface area (Å²) in [5.74, 6) is 6.05. The molecule has 2 N–H and O–H groups in total. The van der Waals surface area contributed by atoms with Gasteiger partial charge in [0.1, 0.15) is 6.33 Å². The number of aromatic nitrogens is 2. The van der Waals surface area contributed by atoms with Gasteiger partial charge < -0.3 is 5.73 Å². The fourth-order valence-electron chi connectivity index (χ4n) is 1.30. The van der Waals surface area contributed by atoms with Crippen molar-refractivity contribution in [1.29, 1.82) is 0 Å². The number of rotatable bonds is 1. The molecule has 0 aliphatic carbocycles. The fourth-order valence-corrected chi connectivity index (χ4v) is 1.30. The van der Waals surface area contributed by atoms with Crippen LogP contribution >= 0.6 is 0 Å². The molecule has 0 saturated carbocycles. The maximum Gasteiger partial charge on any atom is 0.116 e. The highest BCUT2D eigenvalue weighted by Gasteiger charge is 1.94. The molecule has 0 fully saturated rings. The van der Waals surface area contributed by atoms with E-state index in [0.717, 1.165) is 22.9 Å². The number of benzene rings is 1. The first-order valence-corrected chi connectivity index (χ1v) is 4.79. The van der Waals surface area contributed by atoms with Crippen LogP contribution in [0.3, 0.4) is 0 Å². The van der Waals surface area contributed by atoms with Crippen LogP contribution in [0.5, 0.6) is 0 Å². The summed E-state index contributed by atoms with van der Waals surface area (Å²) in [5.41, 5.74) is 7.28. The van der Waals surface area contributed by atoms with E-state index >= 15 is 0 Å². The maximum atomic E-state index is 5.36. The highest BCUT2D eigenvalue weighted by Crippen LogP contribution is 2.11. The number of hydrogen-bond donors (Lipinski definition) is 1. The zero-order valence-corrected chi connectivity index (χ0v) is 8.27. The van der Waals surface area contributed by atoms with Gasteiger partial charge in [0.2, 0.25) is 0 Å². The second-order valence-electron chi connectivity index (χ2n) is 3.14. The van der Waals surface area contributed by atoms with Gasteiger partial charge in [0, 0.05) is 30.1 Å². The first-order valence-electron chi connectivity index (χ1n) is 4.79. The molecular formula is C12H11N3. The van der Waals surface area contributed by atoms with Gasteiger partial charge in [-0.05, 0) is 18.2 Å². The number of hydrogen-bond acceptors (Lipinski definition) is 3. The predicted molar refractivity (Wildman–Crippen MR) is 60.1 cm³/mol. The molecule has 0 aliphatic heterocycles. The fraction of sp³-hybridized carbons (Fsp3) is 0.167. The molecule has 0 radical (unpaired) electrons. The molecule has 1 heterocycles. The second-order valence-corrected chi connectivity index (χ2v) is 3.14. The topological polar surface area (TPSA) is 51.8 Å². The average Bonchev–Trinajstić information content (AvgIpc) is 2.29. The number of fused-ring (bicyclic) bond motifs is 1. The van der Waals surface area contributed by atoms with Gasteiger partial charge in [0.15, 0.2) is 0 Å². The average molecular weight is 197 g/mol. The lowest BCUT2D eigenvalue weighted by Gasteiger charge is -1.95. The molecule has 0 amide bonds. The lowest BCUT2D eigenvalue weighted by Crippen LogP contribution is -1.95. The van der Waals surface area contributed by atoms with Crippen molar-refractivity contribution in [3.8, 4) is 11.8 Å². The monoisotopic (exact) mass is 197 g/mol. The third kappa shape index (κ3) is 2.30. The van der Waals surface area contributed by atoms with Crippen molar-refractivity contribution in [2.75, 3.05) is 6.54 Å². The van der Waals surface area contributed by atoms with Crippen molar-refractivity contribution >= 4 is 10.9 Å². The van der Waals surface area contributed by atoms with Gasteiger partial charge in [-0.3, -0.25) is 0 Å². The van der Waals surface area contributed by atoms with E-state index in [9.17, 15) is 0 Å². The van der Waals surface area contributed by atoms with Crippen LogP contribution in [0.25, 0.3) is 10.9 Å². The molecule has 0 spiro atoms. The molecule has 0 atom stereocenters. The lowest BCUT2D eigenvalue weighted by atomic mass is 10.1. The summed E-state index contributed by atoms with van der Waals surface area (Å²) in [6, 6.07) is 5.89. The Morgan fingerprint density at radius 2 is 2.27 bits per heavy atom. The Hall–Kier alpha value is -1.92. The van der Waals surface area contributed by atoms with Crippen LogP contribution in [0.15, 0.2) is 30.7 Å². The minimum atomic E-state index is 0.601. The van der Waals surface area contributed by atoms with Gasteiger partial charge >= 0.3 is 0 Å². The quantitative estimate of drug-likeness (QED) is 0.702. The van der Waals surface area contributed by atoms with Gasteiger partial charge in [-0.25, -0.2) is 9.97 Å². The first kappa shape index (κ1) is 9.63. The minimum absolute atomic E-state index is 0.601. The maximum absolute atomic E-state index is 5.36. The molecule has 3 nitrogen and oxygen atoms in total. The Bertz CT molecular complexity index is 523. The van der Waals surface area contributed by atoms with E-state index in [1.807, 2.05) is 18.2 Å². The summed E-state index contributed by atoms with van der Waals surface area (Å²) >= 11 is 0. The molecule has 2 aromatic rings. The van der Waals surface area contributed by atoms with Crippen molar-refractivity contribution in [3.05, 3.63) is 36.3 Å². The van der Waals surface area contributed by atoms with Gasteiger partial charge in [-0.15, -0.1) is 0 Å². The summed E-state index contributed by atoms with van der Waals surface area (Å²) < 4.78 is 0. The smallest absolute Gasteiger partial charge is 0.116 e. The van der Waals surface area contributed by atoms with E-state index in [4.69, 9.17) is 5.73 Å². The Labute approximate surface area is 88.4 Å². The molecule has 0 unspecified atom stereocenters. The van der Waals surface area contributed by atoms with Gasteiger partial charge in [-0.1, -0.05) is 11.8 Å². The largest absolute Gasteiger partial charge is 0.330 e. The molecule has 0 bridgehead atoms. The molecule has 15 heavy (non-hydrogen) atoms. The van der Waals surface area contributed by atoms with E-state index in [0.29, 0.717) is 6.54 Å². The Morgan fingerprint density at radius 1 is 1.33 bits per heavy atom. The molecule has 1 aromatic heterocycles. The van der Waals surface area contributed by atoms with Crippen molar-refractivity contribution in [3.63, 3.8) is 0 Å². The van der Waals surface area contributed by atoms with Crippen LogP contribution in [0.2, 0.25) is 0 Å². The van der Waals surface area contributed by atoms with Crippen molar-refractivity contribution in [1.82, 2.24) is 9.97 Å². The van der Waals surface area contributed by atoms with Gasteiger partial charge in [0.05, 0.1) is 5.52 Å². The van der Waals surface area contributed by atoms with Crippen LogP contribution in [-0.4, -0.2) is 16.5 Å². The highest BCUT2D eigenvalue weighted by molar-refractivity contribution is 5.78. The molecule has 2 rings (SSSR count).